The molecule has 7 heteroatoms. The molecule has 4 heterocycles. The second-order valence-corrected chi connectivity index (χ2v) is 6.97. The van der Waals surface area contributed by atoms with Crippen molar-refractivity contribution in [2.24, 2.45) is 0 Å². The Morgan fingerprint density at radius 2 is 1.83 bits per heavy atom. The van der Waals surface area contributed by atoms with E-state index in [9.17, 15) is 4.79 Å². The monoisotopic (exact) mass is 331 g/mol. The Balaban J connectivity index is 1.38. The number of hydrogen-bond acceptors (Lipinski definition) is 6. The highest BCUT2D eigenvalue weighted by Crippen LogP contribution is 2.33. The molecule has 0 spiro atoms. The van der Waals surface area contributed by atoms with Gasteiger partial charge in [0, 0.05) is 45.1 Å². The van der Waals surface area contributed by atoms with E-state index in [1.165, 1.54) is 0 Å². The molecule has 3 aliphatic rings. The van der Waals surface area contributed by atoms with Crippen molar-refractivity contribution in [2.45, 2.75) is 37.5 Å². The second-order valence-electron chi connectivity index (χ2n) is 6.97. The van der Waals surface area contributed by atoms with Crippen molar-refractivity contribution < 1.29 is 9.53 Å². The normalized spacial score (nSPS) is 31.1. The molecule has 1 aromatic rings. The van der Waals surface area contributed by atoms with Gasteiger partial charge in [0.1, 0.15) is 6.10 Å². The first-order valence-electron chi connectivity index (χ1n) is 8.89. The number of ether oxygens (including phenoxy) is 1. The van der Waals surface area contributed by atoms with Gasteiger partial charge in [0.05, 0.1) is 12.1 Å². The van der Waals surface area contributed by atoms with Crippen molar-refractivity contribution in [1.29, 1.82) is 0 Å². The van der Waals surface area contributed by atoms with Gasteiger partial charge in [0.2, 0.25) is 5.95 Å². The SMILES string of the molecule is CN1CCN(C(=O)[C@@H]2CC[C@@H]3[C@@H](CCN3c3ncccn3)O2)CC1. The molecule has 3 saturated heterocycles. The number of carbonyl (C=O) groups is 1. The highest BCUT2D eigenvalue weighted by molar-refractivity contribution is 5.81. The van der Waals surface area contributed by atoms with E-state index in [2.05, 4.69) is 26.8 Å². The number of anilines is 1. The number of amides is 1. The molecule has 0 aromatic carbocycles. The zero-order chi connectivity index (χ0) is 16.5. The summed E-state index contributed by atoms with van der Waals surface area (Å²) in [4.78, 5) is 27.9. The van der Waals surface area contributed by atoms with Crippen LogP contribution in [0.5, 0.6) is 0 Å². The van der Waals surface area contributed by atoms with E-state index in [1.54, 1.807) is 12.4 Å². The van der Waals surface area contributed by atoms with E-state index >= 15 is 0 Å². The summed E-state index contributed by atoms with van der Waals surface area (Å²) < 4.78 is 6.20. The molecule has 3 fully saturated rings. The lowest BCUT2D eigenvalue weighted by Gasteiger charge is -2.39. The number of likely N-dealkylation sites (N-methyl/N-ethyl adjacent to an activating group) is 1. The molecule has 1 amide bonds. The molecule has 0 saturated carbocycles. The molecule has 0 N–H and O–H groups in total. The predicted molar refractivity (Wildman–Crippen MR) is 89.8 cm³/mol. The van der Waals surface area contributed by atoms with Crippen LogP contribution in [0.2, 0.25) is 0 Å². The lowest BCUT2D eigenvalue weighted by atomic mass is 9.98. The topological polar surface area (TPSA) is 61.8 Å². The molecule has 130 valence electrons. The lowest BCUT2D eigenvalue weighted by molar-refractivity contribution is -0.154. The summed E-state index contributed by atoms with van der Waals surface area (Å²) in [5, 5.41) is 0. The van der Waals surface area contributed by atoms with Gasteiger partial charge in [-0.15, -0.1) is 0 Å². The lowest BCUT2D eigenvalue weighted by Crippen LogP contribution is -2.53. The van der Waals surface area contributed by atoms with E-state index in [4.69, 9.17) is 4.74 Å². The van der Waals surface area contributed by atoms with Gasteiger partial charge in [-0.05, 0) is 32.4 Å². The van der Waals surface area contributed by atoms with Crippen LogP contribution in [-0.4, -0.2) is 83.7 Å². The molecular weight excluding hydrogens is 306 g/mol. The Morgan fingerprint density at radius 3 is 2.58 bits per heavy atom. The Hall–Kier alpha value is -1.73. The van der Waals surface area contributed by atoms with Crippen LogP contribution in [-0.2, 0) is 9.53 Å². The summed E-state index contributed by atoms with van der Waals surface area (Å²) in [6.07, 6.45) is 6.09. The molecule has 0 aliphatic carbocycles. The fourth-order valence-corrected chi connectivity index (χ4v) is 4.03. The smallest absolute Gasteiger partial charge is 0.251 e. The van der Waals surface area contributed by atoms with Crippen LogP contribution in [0.15, 0.2) is 18.5 Å². The maximum atomic E-state index is 12.7. The first-order valence-corrected chi connectivity index (χ1v) is 8.89. The third kappa shape index (κ3) is 2.98. The number of aromatic nitrogens is 2. The molecule has 3 atom stereocenters. The van der Waals surface area contributed by atoms with Crippen molar-refractivity contribution in [3.05, 3.63) is 18.5 Å². The van der Waals surface area contributed by atoms with Crippen molar-refractivity contribution in [3.8, 4) is 0 Å². The minimum absolute atomic E-state index is 0.115. The quantitative estimate of drug-likeness (QED) is 0.781. The first-order chi connectivity index (χ1) is 11.7. The summed E-state index contributed by atoms with van der Waals surface area (Å²) in [7, 11) is 2.10. The van der Waals surface area contributed by atoms with E-state index in [0.717, 1.165) is 57.9 Å². The Kier molecular flexibility index (Phi) is 4.37. The molecular formula is C17H25N5O2. The first kappa shape index (κ1) is 15.8. The zero-order valence-electron chi connectivity index (χ0n) is 14.2. The molecule has 0 unspecified atom stereocenters. The number of hydrogen-bond donors (Lipinski definition) is 0. The number of piperazine rings is 1. The Labute approximate surface area is 142 Å². The number of rotatable bonds is 2. The van der Waals surface area contributed by atoms with E-state index in [1.807, 2.05) is 11.0 Å². The van der Waals surface area contributed by atoms with Crippen LogP contribution in [0.3, 0.4) is 0 Å². The number of carbonyl (C=O) groups excluding carboxylic acids is 1. The molecule has 3 aliphatic heterocycles. The molecule has 1 aromatic heterocycles. The van der Waals surface area contributed by atoms with Crippen LogP contribution in [0.25, 0.3) is 0 Å². The standard InChI is InChI=1S/C17H25N5O2/c1-20-9-11-21(12-10-20)16(23)15-4-3-13-14(24-15)5-8-22(13)17-18-6-2-7-19-17/h2,6-7,13-15H,3-5,8-12H2,1H3/t13-,14-,15+/m1/s1. The zero-order valence-corrected chi connectivity index (χ0v) is 14.2. The largest absolute Gasteiger partial charge is 0.363 e. The van der Waals surface area contributed by atoms with Crippen LogP contribution < -0.4 is 4.90 Å². The van der Waals surface area contributed by atoms with Crippen molar-refractivity contribution >= 4 is 11.9 Å². The molecule has 7 nitrogen and oxygen atoms in total. The molecule has 4 rings (SSSR count). The summed E-state index contributed by atoms with van der Waals surface area (Å²) in [6.45, 7) is 4.42. The van der Waals surface area contributed by atoms with Crippen LogP contribution in [0.4, 0.5) is 5.95 Å². The minimum atomic E-state index is -0.272. The van der Waals surface area contributed by atoms with Gasteiger partial charge in [-0.2, -0.15) is 0 Å². The highest BCUT2D eigenvalue weighted by atomic mass is 16.5. The summed E-state index contributed by atoms with van der Waals surface area (Å²) >= 11 is 0. The summed E-state index contributed by atoms with van der Waals surface area (Å²) in [5.74, 6) is 0.952. The van der Waals surface area contributed by atoms with Gasteiger partial charge in [-0.1, -0.05) is 0 Å². The van der Waals surface area contributed by atoms with Gasteiger partial charge in [0.25, 0.3) is 5.91 Å². The molecule has 0 radical (unpaired) electrons. The second kappa shape index (κ2) is 6.64. The van der Waals surface area contributed by atoms with Crippen LogP contribution in [0.1, 0.15) is 19.3 Å². The number of nitrogens with zero attached hydrogens (tertiary/aromatic N) is 5. The fraction of sp³-hybridized carbons (Fsp3) is 0.706. The van der Waals surface area contributed by atoms with Gasteiger partial charge < -0.3 is 19.4 Å². The molecule has 0 bridgehead atoms. The Bertz CT molecular complexity index is 576. The van der Waals surface area contributed by atoms with Gasteiger partial charge >= 0.3 is 0 Å². The predicted octanol–water partition coefficient (Wildman–Crippen LogP) is 0.377. The van der Waals surface area contributed by atoms with Gasteiger partial charge in [0.15, 0.2) is 0 Å². The summed E-state index contributed by atoms with van der Waals surface area (Å²) in [6, 6.07) is 2.13. The third-order valence-corrected chi connectivity index (χ3v) is 5.45. The van der Waals surface area contributed by atoms with Gasteiger partial charge in [-0.25, -0.2) is 9.97 Å². The van der Waals surface area contributed by atoms with Crippen molar-refractivity contribution in [2.75, 3.05) is 44.7 Å². The highest BCUT2D eigenvalue weighted by Gasteiger charge is 2.43. The van der Waals surface area contributed by atoms with E-state index in [-0.39, 0.29) is 18.1 Å². The van der Waals surface area contributed by atoms with Gasteiger partial charge in [-0.3, -0.25) is 4.79 Å². The fourth-order valence-electron chi connectivity index (χ4n) is 4.03. The van der Waals surface area contributed by atoms with E-state index < -0.39 is 0 Å². The molecule has 24 heavy (non-hydrogen) atoms. The van der Waals surface area contributed by atoms with Crippen molar-refractivity contribution in [3.63, 3.8) is 0 Å². The van der Waals surface area contributed by atoms with E-state index in [0.29, 0.717) is 6.04 Å². The average Bonchev–Trinajstić information content (AvgIpc) is 3.05. The van der Waals surface area contributed by atoms with Crippen LogP contribution in [0, 0.1) is 0 Å². The minimum Gasteiger partial charge on any atom is -0.363 e. The number of fused-ring (bicyclic) bond motifs is 1. The average molecular weight is 331 g/mol. The van der Waals surface area contributed by atoms with Crippen molar-refractivity contribution in [1.82, 2.24) is 19.8 Å². The summed E-state index contributed by atoms with van der Waals surface area (Å²) in [5.41, 5.74) is 0. The maximum Gasteiger partial charge on any atom is 0.251 e. The maximum absolute atomic E-state index is 12.7. The Morgan fingerprint density at radius 1 is 1.08 bits per heavy atom. The third-order valence-electron chi connectivity index (χ3n) is 5.45. The van der Waals surface area contributed by atoms with Crippen LogP contribution >= 0.6 is 0 Å².